The molecule has 2 rings (SSSR count). The second-order valence-electron chi connectivity index (χ2n) is 4.90. The zero-order valence-electron chi connectivity index (χ0n) is 11.3. The van der Waals surface area contributed by atoms with Crippen molar-refractivity contribution in [2.75, 3.05) is 0 Å². The van der Waals surface area contributed by atoms with Crippen LogP contribution in [0.5, 0.6) is 0 Å². The minimum absolute atomic E-state index is 0.445. The van der Waals surface area contributed by atoms with E-state index in [-0.39, 0.29) is 0 Å². The van der Waals surface area contributed by atoms with Gasteiger partial charge in [-0.2, -0.15) is 0 Å². The predicted octanol–water partition coefficient (Wildman–Crippen LogP) is 5.30. The van der Waals surface area contributed by atoms with Crippen LogP contribution in [0.25, 0.3) is 0 Å². The monoisotopic (exact) mass is 266 g/mol. The minimum Gasteiger partial charge on any atom is -0.139 e. The molecule has 0 radical (unpaired) electrons. The van der Waals surface area contributed by atoms with Crippen LogP contribution in [-0.2, 0) is 11.5 Å². The van der Waals surface area contributed by atoms with Crippen LogP contribution in [0, 0.1) is 13.8 Å². The number of thioether (sulfide) groups is 2. The molecular weight excluding hydrogens is 244 g/mol. The summed E-state index contributed by atoms with van der Waals surface area (Å²) in [4.78, 5) is 0. The van der Waals surface area contributed by atoms with Gasteiger partial charge in [0.1, 0.15) is 0 Å². The van der Waals surface area contributed by atoms with Gasteiger partial charge in [0.15, 0.2) is 0 Å². The summed E-state index contributed by atoms with van der Waals surface area (Å²) in [7, 11) is 0. The summed E-state index contributed by atoms with van der Waals surface area (Å²) in [6.45, 7) is 9.11. The molecule has 0 aliphatic carbocycles. The number of hydrogen-bond acceptors (Lipinski definition) is 2. The Morgan fingerprint density at radius 2 is 1.35 bits per heavy atom. The minimum atomic E-state index is 0.445. The molecule has 1 aliphatic rings. The number of aryl methyl sites for hydroxylation is 2. The first kappa shape index (κ1) is 13.4. The van der Waals surface area contributed by atoms with Crippen molar-refractivity contribution in [2.45, 2.75) is 56.1 Å². The Hall–Kier alpha value is -0.0800. The molecule has 0 bridgehead atoms. The Labute approximate surface area is 114 Å². The third-order valence-corrected chi connectivity index (χ3v) is 7.70. The molecule has 0 saturated heterocycles. The molecule has 94 valence electrons. The van der Waals surface area contributed by atoms with E-state index in [1.54, 1.807) is 11.1 Å². The van der Waals surface area contributed by atoms with Crippen molar-refractivity contribution in [2.24, 2.45) is 0 Å². The Morgan fingerprint density at radius 1 is 0.941 bits per heavy atom. The fourth-order valence-electron chi connectivity index (χ4n) is 2.32. The summed E-state index contributed by atoms with van der Waals surface area (Å²) >= 11 is 4.30. The summed E-state index contributed by atoms with van der Waals surface area (Å²) in [6.07, 6.45) is 2.54. The maximum atomic E-state index is 2.40. The predicted molar refractivity (Wildman–Crippen MR) is 81.8 cm³/mol. The number of benzene rings is 1. The van der Waals surface area contributed by atoms with E-state index in [2.05, 4.69) is 63.4 Å². The summed E-state index contributed by atoms with van der Waals surface area (Å²) in [6, 6.07) is 4.80. The standard InChI is InChI=1S/C15H22S2/c1-5-15(6-2)16-9-13-7-11(3)12(4)8-14(13)10-17-15/h7-8H,5-6,9-10H2,1-4H3. The molecular formula is C15H22S2. The number of rotatable bonds is 2. The molecule has 1 heterocycles. The summed E-state index contributed by atoms with van der Waals surface area (Å²) < 4.78 is 0.445. The van der Waals surface area contributed by atoms with Gasteiger partial charge in [-0.1, -0.05) is 26.0 Å². The van der Waals surface area contributed by atoms with Crippen molar-refractivity contribution in [3.05, 3.63) is 34.4 Å². The van der Waals surface area contributed by atoms with E-state index in [9.17, 15) is 0 Å². The molecule has 0 aromatic heterocycles. The molecule has 0 atom stereocenters. The molecule has 0 saturated carbocycles. The topological polar surface area (TPSA) is 0 Å². The van der Waals surface area contributed by atoms with Gasteiger partial charge in [-0.3, -0.25) is 0 Å². The number of hydrogen-bond donors (Lipinski definition) is 0. The third kappa shape index (κ3) is 2.68. The van der Waals surface area contributed by atoms with Gasteiger partial charge < -0.3 is 0 Å². The van der Waals surface area contributed by atoms with E-state index in [4.69, 9.17) is 0 Å². The van der Waals surface area contributed by atoms with Crippen molar-refractivity contribution in [1.82, 2.24) is 0 Å². The van der Waals surface area contributed by atoms with E-state index < -0.39 is 0 Å². The Morgan fingerprint density at radius 3 is 1.71 bits per heavy atom. The van der Waals surface area contributed by atoms with Crippen LogP contribution >= 0.6 is 23.5 Å². The average molecular weight is 266 g/mol. The smallest absolute Gasteiger partial charge is 0.0612 e. The van der Waals surface area contributed by atoms with E-state index in [1.165, 1.54) is 35.5 Å². The van der Waals surface area contributed by atoms with Gasteiger partial charge in [0.2, 0.25) is 0 Å². The zero-order valence-corrected chi connectivity index (χ0v) is 12.9. The Kier molecular flexibility index (Phi) is 4.14. The lowest BCUT2D eigenvalue weighted by atomic mass is 10.0. The SMILES string of the molecule is CCC1(CC)SCc2cc(C)c(C)cc2CS1. The molecule has 1 aromatic carbocycles. The first-order valence-electron chi connectivity index (χ1n) is 6.47. The van der Waals surface area contributed by atoms with Gasteiger partial charge in [-0.25, -0.2) is 0 Å². The van der Waals surface area contributed by atoms with E-state index >= 15 is 0 Å². The van der Waals surface area contributed by atoms with Crippen molar-refractivity contribution < 1.29 is 0 Å². The maximum Gasteiger partial charge on any atom is 0.0612 e. The van der Waals surface area contributed by atoms with Crippen LogP contribution in [-0.4, -0.2) is 4.08 Å². The van der Waals surface area contributed by atoms with E-state index in [1.807, 2.05) is 0 Å². The lowest BCUT2D eigenvalue weighted by molar-refractivity contribution is 0.739. The van der Waals surface area contributed by atoms with Gasteiger partial charge in [-0.05, 0) is 48.9 Å². The largest absolute Gasteiger partial charge is 0.139 e. The summed E-state index contributed by atoms with van der Waals surface area (Å²) in [5.74, 6) is 2.37. The second-order valence-corrected chi connectivity index (χ2v) is 7.88. The molecule has 1 aromatic rings. The third-order valence-electron chi connectivity index (χ3n) is 3.87. The first-order valence-corrected chi connectivity index (χ1v) is 8.44. The lowest BCUT2D eigenvalue weighted by Crippen LogP contribution is -2.16. The highest BCUT2D eigenvalue weighted by molar-refractivity contribution is 8.17. The van der Waals surface area contributed by atoms with Crippen molar-refractivity contribution in [3.63, 3.8) is 0 Å². The normalized spacial score (nSPS) is 18.6. The average Bonchev–Trinajstić information content (AvgIpc) is 2.51. The fourth-order valence-corrected chi connectivity index (χ4v) is 5.20. The van der Waals surface area contributed by atoms with Gasteiger partial charge >= 0.3 is 0 Å². The van der Waals surface area contributed by atoms with Gasteiger partial charge in [0.25, 0.3) is 0 Å². The Balaban J connectivity index is 2.30. The van der Waals surface area contributed by atoms with Crippen molar-refractivity contribution >= 4 is 23.5 Å². The maximum absolute atomic E-state index is 2.40. The van der Waals surface area contributed by atoms with Crippen molar-refractivity contribution in [3.8, 4) is 0 Å². The van der Waals surface area contributed by atoms with Crippen LogP contribution in [0.4, 0.5) is 0 Å². The zero-order chi connectivity index (χ0) is 12.5. The van der Waals surface area contributed by atoms with E-state index in [0.717, 1.165) is 0 Å². The van der Waals surface area contributed by atoms with Crippen LogP contribution in [0.3, 0.4) is 0 Å². The lowest BCUT2D eigenvalue weighted by Gasteiger charge is -2.28. The number of fused-ring (bicyclic) bond motifs is 1. The second kappa shape index (κ2) is 5.27. The van der Waals surface area contributed by atoms with Crippen LogP contribution in [0.15, 0.2) is 12.1 Å². The fraction of sp³-hybridized carbons (Fsp3) is 0.600. The highest BCUT2D eigenvalue weighted by atomic mass is 32.2. The molecule has 0 nitrogen and oxygen atoms in total. The van der Waals surface area contributed by atoms with Crippen LogP contribution in [0.1, 0.15) is 48.9 Å². The van der Waals surface area contributed by atoms with E-state index in [0.29, 0.717) is 4.08 Å². The van der Waals surface area contributed by atoms with Crippen LogP contribution < -0.4 is 0 Å². The summed E-state index contributed by atoms with van der Waals surface area (Å²) in [5, 5.41) is 0. The summed E-state index contributed by atoms with van der Waals surface area (Å²) in [5.41, 5.74) is 6.01. The molecule has 0 unspecified atom stereocenters. The molecule has 17 heavy (non-hydrogen) atoms. The van der Waals surface area contributed by atoms with Crippen molar-refractivity contribution in [1.29, 1.82) is 0 Å². The van der Waals surface area contributed by atoms with Gasteiger partial charge in [0.05, 0.1) is 4.08 Å². The Bertz CT molecular complexity index is 371. The molecule has 0 spiro atoms. The highest BCUT2D eigenvalue weighted by Gasteiger charge is 2.30. The molecule has 0 N–H and O–H groups in total. The van der Waals surface area contributed by atoms with Crippen LogP contribution in [0.2, 0.25) is 0 Å². The molecule has 2 heteroatoms. The molecule has 0 fully saturated rings. The first-order chi connectivity index (χ1) is 8.10. The van der Waals surface area contributed by atoms with Gasteiger partial charge in [0, 0.05) is 11.5 Å². The highest BCUT2D eigenvalue weighted by Crippen LogP contribution is 2.49. The van der Waals surface area contributed by atoms with Gasteiger partial charge in [-0.15, -0.1) is 23.5 Å². The quantitative estimate of drug-likeness (QED) is 0.712. The molecule has 1 aliphatic heterocycles. The molecule has 0 amide bonds.